The molecule has 0 radical (unpaired) electrons. The van der Waals surface area contributed by atoms with Crippen LogP contribution >= 0.6 is 0 Å². The second kappa shape index (κ2) is 6.62. The van der Waals surface area contributed by atoms with E-state index in [1.165, 1.54) is 6.20 Å². The SMILES string of the molecule is CCOC(=O)c1cn(Cc2cccnc2)c2nc(C)ccc2c1=O. The summed E-state index contributed by atoms with van der Waals surface area (Å²) in [4.78, 5) is 33.3. The second-order valence-corrected chi connectivity index (χ2v) is 5.41. The van der Waals surface area contributed by atoms with Crippen LogP contribution in [0.4, 0.5) is 0 Å². The fourth-order valence-corrected chi connectivity index (χ4v) is 2.52. The van der Waals surface area contributed by atoms with Crippen LogP contribution in [0.5, 0.6) is 0 Å². The average Bonchev–Trinajstić information content (AvgIpc) is 2.58. The lowest BCUT2D eigenvalue weighted by atomic mass is 10.1. The lowest BCUT2D eigenvalue weighted by Gasteiger charge is -2.13. The highest BCUT2D eigenvalue weighted by Crippen LogP contribution is 2.13. The molecular formula is C18H17N3O3. The third-order valence-corrected chi connectivity index (χ3v) is 3.63. The van der Waals surface area contributed by atoms with Crippen LogP contribution < -0.4 is 5.43 Å². The third-order valence-electron chi connectivity index (χ3n) is 3.63. The number of rotatable bonds is 4. The Morgan fingerprint density at radius 1 is 1.29 bits per heavy atom. The number of pyridine rings is 3. The molecule has 3 aromatic heterocycles. The van der Waals surface area contributed by atoms with Crippen LogP contribution in [0, 0.1) is 6.92 Å². The van der Waals surface area contributed by atoms with Crippen molar-refractivity contribution in [2.45, 2.75) is 20.4 Å². The Hall–Kier alpha value is -3.02. The summed E-state index contributed by atoms with van der Waals surface area (Å²) in [5.41, 5.74) is 1.93. The molecule has 0 unspecified atom stereocenters. The molecule has 3 rings (SSSR count). The number of aryl methyl sites for hydroxylation is 1. The average molecular weight is 323 g/mol. The fourth-order valence-electron chi connectivity index (χ4n) is 2.52. The van der Waals surface area contributed by atoms with Gasteiger partial charge in [0.2, 0.25) is 5.43 Å². The van der Waals surface area contributed by atoms with Crippen LogP contribution in [0.3, 0.4) is 0 Å². The molecule has 24 heavy (non-hydrogen) atoms. The number of hydrogen-bond donors (Lipinski definition) is 0. The minimum absolute atomic E-state index is 0.0129. The highest BCUT2D eigenvalue weighted by Gasteiger charge is 2.17. The van der Waals surface area contributed by atoms with Crippen molar-refractivity contribution < 1.29 is 9.53 Å². The second-order valence-electron chi connectivity index (χ2n) is 5.41. The predicted molar refractivity (Wildman–Crippen MR) is 90.0 cm³/mol. The smallest absolute Gasteiger partial charge is 0.343 e. The fraction of sp³-hybridized carbons (Fsp3) is 0.222. The van der Waals surface area contributed by atoms with E-state index in [-0.39, 0.29) is 17.6 Å². The zero-order valence-electron chi connectivity index (χ0n) is 13.5. The molecule has 0 saturated carbocycles. The van der Waals surface area contributed by atoms with Gasteiger partial charge in [-0.15, -0.1) is 0 Å². The number of nitrogens with zero attached hydrogens (tertiary/aromatic N) is 3. The lowest BCUT2D eigenvalue weighted by molar-refractivity contribution is 0.0524. The van der Waals surface area contributed by atoms with Crippen molar-refractivity contribution in [1.82, 2.24) is 14.5 Å². The molecule has 6 nitrogen and oxygen atoms in total. The van der Waals surface area contributed by atoms with Gasteiger partial charge in [-0.25, -0.2) is 9.78 Å². The minimum Gasteiger partial charge on any atom is -0.462 e. The number of esters is 1. The van der Waals surface area contributed by atoms with E-state index in [9.17, 15) is 9.59 Å². The van der Waals surface area contributed by atoms with Crippen LogP contribution in [0.1, 0.15) is 28.5 Å². The Bertz CT molecular complexity index is 949. The molecule has 0 N–H and O–H groups in total. The molecule has 0 aliphatic carbocycles. The monoisotopic (exact) mass is 323 g/mol. The highest BCUT2D eigenvalue weighted by molar-refractivity contribution is 5.93. The molecule has 0 aliphatic rings. The van der Waals surface area contributed by atoms with Gasteiger partial charge in [0.15, 0.2) is 0 Å². The Kier molecular flexibility index (Phi) is 4.37. The van der Waals surface area contributed by atoms with Crippen LogP contribution in [0.25, 0.3) is 11.0 Å². The highest BCUT2D eigenvalue weighted by atomic mass is 16.5. The van der Waals surface area contributed by atoms with Crippen LogP contribution in [-0.4, -0.2) is 27.1 Å². The molecule has 3 aromatic rings. The van der Waals surface area contributed by atoms with Crippen molar-refractivity contribution in [3.05, 3.63) is 69.9 Å². The Labute approximate surface area is 138 Å². The number of carbonyl (C=O) groups is 1. The summed E-state index contributed by atoms with van der Waals surface area (Å²) in [7, 11) is 0. The molecule has 122 valence electrons. The molecule has 0 spiro atoms. The van der Waals surface area contributed by atoms with Gasteiger partial charge in [0.05, 0.1) is 18.5 Å². The van der Waals surface area contributed by atoms with Crippen molar-refractivity contribution >= 4 is 17.0 Å². The topological polar surface area (TPSA) is 74.1 Å². The van der Waals surface area contributed by atoms with E-state index in [4.69, 9.17) is 4.74 Å². The zero-order valence-corrected chi connectivity index (χ0v) is 13.5. The normalized spacial score (nSPS) is 10.8. The summed E-state index contributed by atoms with van der Waals surface area (Å²) in [6.07, 6.45) is 4.95. The molecule has 0 aromatic carbocycles. The Morgan fingerprint density at radius 3 is 2.83 bits per heavy atom. The number of fused-ring (bicyclic) bond motifs is 1. The van der Waals surface area contributed by atoms with Crippen molar-refractivity contribution in [1.29, 1.82) is 0 Å². The van der Waals surface area contributed by atoms with Gasteiger partial charge >= 0.3 is 5.97 Å². The maximum absolute atomic E-state index is 12.6. The number of hydrogen-bond acceptors (Lipinski definition) is 5. The third kappa shape index (κ3) is 3.03. The summed E-state index contributed by atoms with van der Waals surface area (Å²) in [6.45, 7) is 4.23. The van der Waals surface area contributed by atoms with Gasteiger partial charge in [-0.2, -0.15) is 0 Å². The number of aromatic nitrogens is 3. The van der Waals surface area contributed by atoms with E-state index in [1.807, 2.05) is 19.1 Å². The molecule has 0 bridgehead atoms. The van der Waals surface area contributed by atoms with E-state index in [0.717, 1.165) is 11.3 Å². The summed E-state index contributed by atoms with van der Waals surface area (Å²) in [6, 6.07) is 7.22. The quantitative estimate of drug-likeness (QED) is 0.689. The van der Waals surface area contributed by atoms with E-state index in [2.05, 4.69) is 9.97 Å². The van der Waals surface area contributed by atoms with Gasteiger partial charge in [0, 0.05) is 24.3 Å². The minimum atomic E-state index is -0.620. The molecule has 0 atom stereocenters. The Morgan fingerprint density at radius 2 is 2.12 bits per heavy atom. The maximum Gasteiger partial charge on any atom is 0.343 e. The van der Waals surface area contributed by atoms with Crippen molar-refractivity contribution in [2.24, 2.45) is 0 Å². The molecule has 0 saturated heterocycles. The maximum atomic E-state index is 12.6. The van der Waals surface area contributed by atoms with Gasteiger partial charge < -0.3 is 9.30 Å². The van der Waals surface area contributed by atoms with Crippen molar-refractivity contribution in [3.63, 3.8) is 0 Å². The standard InChI is InChI=1S/C18H17N3O3/c1-3-24-18(23)15-11-21(10-13-5-4-8-19-9-13)17-14(16(15)22)7-6-12(2)20-17/h4-9,11H,3,10H2,1-2H3. The summed E-state index contributed by atoms with van der Waals surface area (Å²) >= 11 is 0. The summed E-state index contributed by atoms with van der Waals surface area (Å²) in [5.74, 6) is -0.620. The molecule has 0 fully saturated rings. The predicted octanol–water partition coefficient (Wildman–Crippen LogP) is 2.32. The largest absolute Gasteiger partial charge is 0.462 e. The van der Waals surface area contributed by atoms with Gasteiger partial charge in [0.25, 0.3) is 0 Å². The van der Waals surface area contributed by atoms with E-state index < -0.39 is 5.97 Å². The zero-order chi connectivity index (χ0) is 17.1. The van der Waals surface area contributed by atoms with Gasteiger partial charge in [0.1, 0.15) is 11.2 Å². The first-order valence-corrected chi connectivity index (χ1v) is 7.67. The van der Waals surface area contributed by atoms with Gasteiger partial charge in [-0.1, -0.05) is 6.07 Å². The van der Waals surface area contributed by atoms with Crippen LogP contribution in [0.15, 0.2) is 47.7 Å². The Balaban J connectivity index is 2.21. The van der Waals surface area contributed by atoms with E-state index >= 15 is 0 Å². The van der Waals surface area contributed by atoms with Gasteiger partial charge in [-0.05, 0) is 37.6 Å². The van der Waals surface area contributed by atoms with E-state index in [0.29, 0.717) is 17.6 Å². The lowest BCUT2D eigenvalue weighted by Crippen LogP contribution is -2.22. The van der Waals surface area contributed by atoms with Crippen molar-refractivity contribution in [2.75, 3.05) is 6.61 Å². The molecule has 0 aliphatic heterocycles. The molecule has 3 heterocycles. The number of carbonyl (C=O) groups excluding carboxylic acids is 1. The summed E-state index contributed by atoms with van der Waals surface area (Å²) in [5, 5.41) is 0.398. The first-order valence-electron chi connectivity index (χ1n) is 7.67. The summed E-state index contributed by atoms with van der Waals surface area (Å²) < 4.78 is 6.79. The molecular weight excluding hydrogens is 306 g/mol. The molecule has 6 heteroatoms. The van der Waals surface area contributed by atoms with Crippen LogP contribution in [0.2, 0.25) is 0 Å². The van der Waals surface area contributed by atoms with Crippen LogP contribution in [-0.2, 0) is 11.3 Å². The van der Waals surface area contributed by atoms with Gasteiger partial charge in [-0.3, -0.25) is 9.78 Å². The van der Waals surface area contributed by atoms with E-state index in [1.54, 1.807) is 36.0 Å². The number of ether oxygens (including phenoxy) is 1. The first kappa shape index (κ1) is 15.9. The molecule has 0 amide bonds. The first-order chi connectivity index (χ1) is 11.6. The van der Waals surface area contributed by atoms with Crippen molar-refractivity contribution in [3.8, 4) is 0 Å².